The van der Waals surface area contributed by atoms with E-state index in [9.17, 15) is 0 Å². The van der Waals surface area contributed by atoms with Crippen molar-refractivity contribution in [3.63, 3.8) is 0 Å². The lowest BCUT2D eigenvalue weighted by molar-refractivity contribution is 0.279. The Morgan fingerprint density at radius 1 is 0.615 bits per heavy atom. The molecule has 202 valence electrons. The number of rotatable bonds is 6. The molecule has 0 radical (unpaired) electrons. The van der Waals surface area contributed by atoms with Crippen LogP contribution in [0, 0.1) is 33.6 Å². The molecule has 4 aromatic rings. The van der Waals surface area contributed by atoms with Crippen molar-refractivity contribution in [2.24, 2.45) is 5.92 Å². The lowest BCUT2D eigenvalue weighted by Crippen LogP contribution is -2.33. The minimum Gasteiger partial charge on any atom is -0.457 e. The molecule has 0 atom stereocenters. The van der Waals surface area contributed by atoms with E-state index in [4.69, 9.17) is 20.9 Å². The van der Waals surface area contributed by atoms with Gasteiger partial charge in [0.05, 0.1) is 0 Å². The van der Waals surface area contributed by atoms with Crippen molar-refractivity contribution in [3.05, 3.63) is 106 Å². The molecular formula is C35H40N2O2. The predicted molar refractivity (Wildman–Crippen MR) is 162 cm³/mol. The van der Waals surface area contributed by atoms with Gasteiger partial charge in [0.1, 0.15) is 23.0 Å². The average molecular weight is 521 g/mol. The predicted octanol–water partition coefficient (Wildman–Crippen LogP) is 9.17. The molecule has 1 aliphatic rings. The van der Waals surface area contributed by atoms with Crippen molar-refractivity contribution >= 4 is 11.4 Å². The van der Waals surface area contributed by atoms with Crippen LogP contribution in [-0.4, -0.2) is 0 Å². The summed E-state index contributed by atoms with van der Waals surface area (Å²) in [5.74, 6) is 4.07. The molecule has 0 unspecified atom stereocenters. The van der Waals surface area contributed by atoms with Crippen molar-refractivity contribution < 1.29 is 9.47 Å². The smallest absolute Gasteiger partial charge is 0.133 e. The van der Waals surface area contributed by atoms with Crippen molar-refractivity contribution in [1.82, 2.24) is 0 Å². The highest BCUT2D eigenvalue weighted by Crippen LogP contribution is 2.49. The summed E-state index contributed by atoms with van der Waals surface area (Å²) < 4.78 is 12.7. The summed E-state index contributed by atoms with van der Waals surface area (Å²) in [5.41, 5.74) is 20.6. The zero-order chi connectivity index (χ0) is 27.7. The van der Waals surface area contributed by atoms with Crippen LogP contribution in [0.1, 0.15) is 66.0 Å². The van der Waals surface area contributed by atoms with Crippen LogP contribution in [-0.2, 0) is 5.41 Å². The van der Waals surface area contributed by atoms with Gasteiger partial charge in [-0.05, 0) is 117 Å². The molecule has 39 heavy (non-hydrogen) atoms. The third-order valence-corrected chi connectivity index (χ3v) is 8.31. The monoisotopic (exact) mass is 520 g/mol. The molecule has 0 aromatic heterocycles. The molecule has 5 rings (SSSR count). The summed E-state index contributed by atoms with van der Waals surface area (Å²) >= 11 is 0. The molecular weight excluding hydrogens is 480 g/mol. The van der Waals surface area contributed by atoms with Crippen molar-refractivity contribution in [2.75, 3.05) is 11.5 Å². The molecule has 0 spiro atoms. The second kappa shape index (κ2) is 10.7. The number of nitrogens with two attached hydrogens (primary N) is 2. The van der Waals surface area contributed by atoms with E-state index >= 15 is 0 Å². The number of ether oxygens (including phenoxy) is 2. The van der Waals surface area contributed by atoms with Crippen LogP contribution in [0.5, 0.6) is 23.0 Å². The molecule has 0 saturated heterocycles. The first-order valence-corrected chi connectivity index (χ1v) is 13.9. The Balaban J connectivity index is 1.55. The maximum atomic E-state index is 6.33. The molecule has 1 saturated carbocycles. The SMILES string of the molecule is Cc1cc(C2(c3cc(C)c(Oc4cccc(N)c4)c(C)c3)CCC(C)CC2)cc(C)c1Oc1cccc(N)c1. The van der Waals surface area contributed by atoms with Crippen LogP contribution in [0.4, 0.5) is 11.4 Å². The van der Waals surface area contributed by atoms with Crippen LogP contribution < -0.4 is 20.9 Å². The van der Waals surface area contributed by atoms with E-state index in [0.29, 0.717) is 11.4 Å². The molecule has 0 bridgehead atoms. The van der Waals surface area contributed by atoms with Gasteiger partial charge in [-0.1, -0.05) is 43.3 Å². The minimum absolute atomic E-state index is 0.0526. The van der Waals surface area contributed by atoms with Gasteiger partial charge in [-0.15, -0.1) is 0 Å². The summed E-state index contributed by atoms with van der Waals surface area (Å²) in [6.07, 6.45) is 4.66. The van der Waals surface area contributed by atoms with E-state index < -0.39 is 0 Å². The highest BCUT2D eigenvalue weighted by Gasteiger charge is 2.38. The summed E-state index contributed by atoms with van der Waals surface area (Å²) in [6, 6.07) is 24.6. The fourth-order valence-corrected chi connectivity index (χ4v) is 6.17. The summed E-state index contributed by atoms with van der Waals surface area (Å²) in [4.78, 5) is 0. The number of anilines is 2. The Hall–Kier alpha value is -3.92. The van der Waals surface area contributed by atoms with E-state index in [1.807, 2.05) is 48.5 Å². The van der Waals surface area contributed by atoms with Gasteiger partial charge in [0.2, 0.25) is 0 Å². The minimum atomic E-state index is -0.0526. The number of nitrogen functional groups attached to an aromatic ring is 2. The summed E-state index contributed by atoms with van der Waals surface area (Å²) in [5, 5.41) is 0. The van der Waals surface area contributed by atoms with Gasteiger partial charge < -0.3 is 20.9 Å². The standard InChI is InChI=1S/C35H40N2O2/c1-22-12-14-35(15-13-22,27-16-23(2)33(24(3)17-27)38-31-10-6-8-29(36)20-31)28-18-25(4)34(26(5)19-28)39-32-11-7-9-30(37)21-32/h6-11,16-22H,12-15,36-37H2,1-5H3. The highest BCUT2D eigenvalue weighted by atomic mass is 16.5. The Morgan fingerprint density at radius 3 is 1.36 bits per heavy atom. The second-order valence-corrected chi connectivity index (χ2v) is 11.5. The maximum absolute atomic E-state index is 6.33. The average Bonchev–Trinajstić information content (AvgIpc) is 2.89. The number of hydrogen-bond acceptors (Lipinski definition) is 4. The van der Waals surface area contributed by atoms with E-state index in [-0.39, 0.29) is 5.41 Å². The number of benzene rings is 4. The Morgan fingerprint density at radius 2 is 1.00 bits per heavy atom. The molecule has 1 fully saturated rings. The largest absolute Gasteiger partial charge is 0.457 e. The van der Waals surface area contributed by atoms with Crippen LogP contribution in [0.2, 0.25) is 0 Å². The van der Waals surface area contributed by atoms with E-state index in [0.717, 1.165) is 64.0 Å². The molecule has 0 aliphatic heterocycles. The normalized spacial score (nSPS) is 15.2. The number of hydrogen-bond donors (Lipinski definition) is 2. The van der Waals surface area contributed by atoms with Gasteiger partial charge in [0, 0.05) is 28.9 Å². The van der Waals surface area contributed by atoms with E-state index in [1.54, 1.807) is 0 Å². The molecule has 0 heterocycles. The Kier molecular flexibility index (Phi) is 7.31. The van der Waals surface area contributed by atoms with E-state index in [2.05, 4.69) is 58.9 Å². The number of aryl methyl sites for hydroxylation is 4. The van der Waals surface area contributed by atoms with Crippen molar-refractivity contribution in [2.45, 2.75) is 65.7 Å². The van der Waals surface area contributed by atoms with Gasteiger partial charge in [0.15, 0.2) is 0 Å². The fraction of sp³-hybridized carbons (Fsp3) is 0.314. The molecule has 4 nitrogen and oxygen atoms in total. The van der Waals surface area contributed by atoms with E-state index in [1.165, 1.54) is 24.0 Å². The first-order chi connectivity index (χ1) is 18.6. The zero-order valence-electron chi connectivity index (χ0n) is 23.8. The second-order valence-electron chi connectivity index (χ2n) is 11.5. The topological polar surface area (TPSA) is 70.5 Å². The van der Waals surface area contributed by atoms with Gasteiger partial charge >= 0.3 is 0 Å². The van der Waals surface area contributed by atoms with Crippen molar-refractivity contribution in [3.8, 4) is 23.0 Å². The fourth-order valence-electron chi connectivity index (χ4n) is 6.17. The van der Waals surface area contributed by atoms with Crippen LogP contribution in [0.25, 0.3) is 0 Å². The summed E-state index contributed by atoms with van der Waals surface area (Å²) in [6.45, 7) is 11.0. The highest BCUT2D eigenvalue weighted by molar-refractivity contribution is 5.55. The lowest BCUT2D eigenvalue weighted by atomic mass is 9.62. The van der Waals surface area contributed by atoms with Crippen LogP contribution in [0.3, 0.4) is 0 Å². The van der Waals surface area contributed by atoms with Crippen LogP contribution >= 0.6 is 0 Å². The molecule has 0 amide bonds. The maximum Gasteiger partial charge on any atom is 0.133 e. The van der Waals surface area contributed by atoms with Crippen molar-refractivity contribution in [1.29, 1.82) is 0 Å². The molecule has 1 aliphatic carbocycles. The summed E-state index contributed by atoms with van der Waals surface area (Å²) in [7, 11) is 0. The molecule has 4 aromatic carbocycles. The van der Waals surface area contributed by atoms with Gasteiger partial charge in [0.25, 0.3) is 0 Å². The van der Waals surface area contributed by atoms with Crippen LogP contribution in [0.15, 0.2) is 72.8 Å². The third-order valence-electron chi connectivity index (χ3n) is 8.31. The molecule has 4 N–H and O–H groups in total. The zero-order valence-corrected chi connectivity index (χ0v) is 23.8. The first kappa shape index (κ1) is 26.7. The lowest BCUT2D eigenvalue weighted by Gasteiger charge is -2.41. The van der Waals surface area contributed by atoms with Gasteiger partial charge in [-0.3, -0.25) is 0 Å². The third kappa shape index (κ3) is 5.47. The first-order valence-electron chi connectivity index (χ1n) is 13.9. The van der Waals surface area contributed by atoms with Gasteiger partial charge in [-0.2, -0.15) is 0 Å². The molecule has 4 heteroatoms. The Labute approximate surface area is 233 Å². The Bertz CT molecular complexity index is 1350. The van der Waals surface area contributed by atoms with Gasteiger partial charge in [-0.25, -0.2) is 0 Å². The quantitative estimate of drug-likeness (QED) is 0.249.